The molecule has 0 radical (unpaired) electrons. The van der Waals surface area contributed by atoms with Crippen molar-refractivity contribution in [2.45, 2.75) is 13.5 Å². The first-order valence-electron chi connectivity index (χ1n) is 9.31. The summed E-state index contributed by atoms with van der Waals surface area (Å²) in [6.45, 7) is 6.89. The molecular formula is C22H22N4O3. The minimum atomic E-state index is -0.244. The lowest BCUT2D eigenvalue weighted by atomic mass is 10.1. The molecule has 1 aliphatic heterocycles. The minimum absolute atomic E-state index is 0.0915. The number of hydrogen-bond donors (Lipinski definition) is 2. The Morgan fingerprint density at radius 2 is 2.07 bits per heavy atom. The first-order chi connectivity index (χ1) is 14.2. The summed E-state index contributed by atoms with van der Waals surface area (Å²) in [7, 11) is 0. The van der Waals surface area contributed by atoms with Gasteiger partial charge in [-0.3, -0.25) is 4.79 Å². The monoisotopic (exact) mass is 390 g/mol. The van der Waals surface area contributed by atoms with E-state index < -0.39 is 0 Å². The van der Waals surface area contributed by atoms with Gasteiger partial charge in [-0.2, -0.15) is 5.10 Å². The summed E-state index contributed by atoms with van der Waals surface area (Å²) in [5.74, 6) is 1.13. The number of anilines is 1. The van der Waals surface area contributed by atoms with Gasteiger partial charge in [0.15, 0.2) is 11.5 Å². The molecule has 0 saturated heterocycles. The van der Waals surface area contributed by atoms with E-state index >= 15 is 0 Å². The van der Waals surface area contributed by atoms with Crippen LogP contribution in [0, 0.1) is 6.92 Å². The number of benzene rings is 2. The molecule has 0 bridgehead atoms. The van der Waals surface area contributed by atoms with E-state index in [1.54, 1.807) is 12.3 Å². The molecule has 148 valence electrons. The van der Waals surface area contributed by atoms with Crippen molar-refractivity contribution in [2.75, 3.05) is 18.7 Å². The number of hydrazone groups is 1. The fourth-order valence-electron chi connectivity index (χ4n) is 3.38. The number of aromatic nitrogens is 1. The maximum absolute atomic E-state index is 12.1. The summed E-state index contributed by atoms with van der Waals surface area (Å²) in [6.07, 6.45) is 3.56. The average Bonchev–Trinajstić information content (AvgIpc) is 3.30. The molecule has 2 aromatic carbocycles. The van der Waals surface area contributed by atoms with Gasteiger partial charge < -0.3 is 19.4 Å². The third-order valence-electron chi connectivity index (χ3n) is 4.80. The quantitative estimate of drug-likeness (QED) is 0.368. The van der Waals surface area contributed by atoms with Crippen LogP contribution in [-0.4, -0.2) is 30.0 Å². The number of hydrogen-bond acceptors (Lipinski definition) is 5. The number of para-hydroxylation sites is 1. The lowest BCUT2D eigenvalue weighted by Crippen LogP contribution is -2.25. The van der Waals surface area contributed by atoms with Crippen molar-refractivity contribution in [3.8, 4) is 11.5 Å². The van der Waals surface area contributed by atoms with Gasteiger partial charge in [-0.25, -0.2) is 5.43 Å². The van der Waals surface area contributed by atoms with Crippen molar-refractivity contribution in [3.63, 3.8) is 0 Å². The number of allylic oxidation sites excluding steroid dienone is 1. The predicted molar refractivity (Wildman–Crippen MR) is 114 cm³/mol. The van der Waals surface area contributed by atoms with Gasteiger partial charge in [0, 0.05) is 40.5 Å². The number of carbonyl (C=O) groups excluding carboxylic acids is 1. The fraction of sp³-hybridized carbons (Fsp3) is 0.182. The molecule has 29 heavy (non-hydrogen) atoms. The molecule has 7 nitrogen and oxygen atoms in total. The van der Waals surface area contributed by atoms with Crippen molar-refractivity contribution in [1.82, 2.24) is 9.99 Å². The predicted octanol–water partition coefficient (Wildman–Crippen LogP) is 3.43. The van der Waals surface area contributed by atoms with Gasteiger partial charge in [0.05, 0.1) is 12.8 Å². The number of amides is 1. The van der Waals surface area contributed by atoms with Crippen LogP contribution >= 0.6 is 0 Å². The number of fused-ring (bicyclic) bond motifs is 2. The second kappa shape index (κ2) is 8.10. The standard InChI is InChI=1S/C22H22N4O3/c1-3-10-26-15(2)18(17-6-4-5-7-19(17)26)12-24-25-22(27)13-23-16-8-9-20-21(11-16)29-14-28-20/h3-9,11-12,23H,1,10,13-14H2,2H3,(H,25,27)/b24-12-. The summed E-state index contributed by atoms with van der Waals surface area (Å²) >= 11 is 0. The van der Waals surface area contributed by atoms with E-state index in [1.165, 1.54) is 0 Å². The van der Waals surface area contributed by atoms with Crippen LogP contribution in [0.5, 0.6) is 11.5 Å². The first kappa shape index (κ1) is 18.6. The third-order valence-corrected chi connectivity index (χ3v) is 4.80. The SMILES string of the molecule is C=CCn1c(C)c(/C=N\NC(=O)CNc2ccc3c(c2)OCO3)c2ccccc21. The highest BCUT2D eigenvalue weighted by atomic mass is 16.7. The Labute approximate surface area is 168 Å². The van der Waals surface area contributed by atoms with E-state index in [9.17, 15) is 4.79 Å². The second-order valence-corrected chi connectivity index (χ2v) is 6.63. The van der Waals surface area contributed by atoms with E-state index in [-0.39, 0.29) is 19.2 Å². The number of rotatable bonds is 7. The summed E-state index contributed by atoms with van der Waals surface area (Å²) in [4.78, 5) is 12.1. The number of carbonyl (C=O) groups is 1. The summed E-state index contributed by atoms with van der Waals surface area (Å²) < 4.78 is 12.8. The van der Waals surface area contributed by atoms with Gasteiger partial charge in [-0.05, 0) is 25.1 Å². The van der Waals surface area contributed by atoms with E-state index in [2.05, 4.69) is 33.1 Å². The molecule has 7 heteroatoms. The van der Waals surface area contributed by atoms with Crippen LogP contribution in [0.2, 0.25) is 0 Å². The van der Waals surface area contributed by atoms with Crippen LogP contribution < -0.4 is 20.2 Å². The molecule has 0 aliphatic carbocycles. The molecule has 0 saturated carbocycles. The molecular weight excluding hydrogens is 368 g/mol. The highest BCUT2D eigenvalue weighted by Crippen LogP contribution is 2.34. The Kier molecular flexibility index (Phi) is 5.20. The molecule has 2 heterocycles. The molecule has 2 N–H and O–H groups in total. The second-order valence-electron chi connectivity index (χ2n) is 6.63. The third kappa shape index (κ3) is 3.80. The Morgan fingerprint density at radius 3 is 2.93 bits per heavy atom. The van der Waals surface area contributed by atoms with Crippen LogP contribution in [0.4, 0.5) is 5.69 Å². The zero-order valence-corrected chi connectivity index (χ0v) is 16.1. The molecule has 0 atom stereocenters. The Bertz CT molecular complexity index is 1100. The smallest absolute Gasteiger partial charge is 0.259 e. The molecule has 1 aliphatic rings. The average molecular weight is 390 g/mol. The van der Waals surface area contributed by atoms with E-state index in [0.717, 1.165) is 27.8 Å². The Morgan fingerprint density at radius 1 is 1.24 bits per heavy atom. The first-order valence-corrected chi connectivity index (χ1v) is 9.31. The molecule has 0 unspecified atom stereocenters. The van der Waals surface area contributed by atoms with Crippen LogP contribution in [0.25, 0.3) is 10.9 Å². The lowest BCUT2D eigenvalue weighted by Gasteiger charge is -2.06. The highest BCUT2D eigenvalue weighted by Gasteiger charge is 2.14. The van der Waals surface area contributed by atoms with Crippen LogP contribution in [0.15, 0.2) is 60.2 Å². The van der Waals surface area contributed by atoms with Gasteiger partial charge >= 0.3 is 0 Å². The molecule has 0 spiro atoms. The Balaban J connectivity index is 1.40. The molecule has 0 fully saturated rings. The largest absolute Gasteiger partial charge is 0.454 e. The maximum atomic E-state index is 12.1. The summed E-state index contributed by atoms with van der Waals surface area (Å²) in [6, 6.07) is 13.6. The van der Waals surface area contributed by atoms with Gasteiger partial charge in [0.2, 0.25) is 6.79 Å². The zero-order chi connectivity index (χ0) is 20.2. The molecule has 3 aromatic rings. The fourth-order valence-corrected chi connectivity index (χ4v) is 3.38. The van der Waals surface area contributed by atoms with Crippen LogP contribution in [0.3, 0.4) is 0 Å². The van der Waals surface area contributed by atoms with Crippen molar-refractivity contribution in [1.29, 1.82) is 0 Å². The van der Waals surface area contributed by atoms with Gasteiger partial charge in [0.25, 0.3) is 5.91 Å². The van der Waals surface area contributed by atoms with Crippen LogP contribution in [-0.2, 0) is 11.3 Å². The highest BCUT2D eigenvalue weighted by molar-refractivity contribution is 6.01. The zero-order valence-electron chi connectivity index (χ0n) is 16.1. The number of nitrogens with zero attached hydrogens (tertiary/aromatic N) is 2. The lowest BCUT2D eigenvalue weighted by molar-refractivity contribution is -0.119. The van der Waals surface area contributed by atoms with Crippen LogP contribution in [0.1, 0.15) is 11.3 Å². The number of ether oxygens (including phenoxy) is 2. The van der Waals surface area contributed by atoms with Gasteiger partial charge in [-0.1, -0.05) is 24.3 Å². The summed E-state index contributed by atoms with van der Waals surface area (Å²) in [5, 5.41) is 8.28. The van der Waals surface area contributed by atoms with E-state index in [0.29, 0.717) is 18.0 Å². The van der Waals surface area contributed by atoms with Gasteiger partial charge in [0.1, 0.15) is 0 Å². The minimum Gasteiger partial charge on any atom is -0.454 e. The van der Waals surface area contributed by atoms with Crippen molar-refractivity contribution >= 4 is 28.7 Å². The van der Waals surface area contributed by atoms with Crippen molar-refractivity contribution in [3.05, 3.63) is 66.4 Å². The molecule has 1 aromatic heterocycles. The van der Waals surface area contributed by atoms with Gasteiger partial charge in [-0.15, -0.1) is 6.58 Å². The number of nitrogens with one attached hydrogen (secondary N) is 2. The molecule has 4 rings (SSSR count). The van der Waals surface area contributed by atoms with Crippen molar-refractivity contribution < 1.29 is 14.3 Å². The topological polar surface area (TPSA) is 76.9 Å². The van der Waals surface area contributed by atoms with E-state index in [4.69, 9.17) is 9.47 Å². The Hall–Kier alpha value is -3.74. The van der Waals surface area contributed by atoms with E-state index in [1.807, 2.05) is 43.3 Å². The maximum Gasteiger partial charge on any atom is 0.259 e. The summed E-state index contributed by atoms with van der Waals surface area (Å²) in [5.41, 5.74) is 6.51. The normalized spacial score (nSPS) is 12.4. The molecule has 1 amide bonds. The van der Waals surface area contributed by atoms with Crippen molar-refractivity contribution in [2.24, 2.45) is 5.10 Å².